The van der Waals surface area contributed by atoms with E-state index in [1.807, 2.05) is 41.8 Å². The van der Waals surface area contributed by atoms with Gasteiger partial charge in [-0.1, -0.05) is 30.3 Å². The number of rotatable bonds is 4. The molecule has 0 saturated carbocycles. The maximum absolute atomic E-state index is 13.3. The minimum absolute atomic E-state index is 0.243. The maximum atomic E-state index is 13.3. The van der Waals surface area contributed by atoms with Gasteiger partial charge in [0, 0.05) is 4.88 Å². The summed E-state index contributed by atoms with van der Waals surface area (Å²) in [6, 6.07) is 17.0. The van der Waals surface area contributed by atoms with E-state index in [0.29, 0.717) is 5.52 Å². The van der Waals surface area contributed by atoms with Crippen LogP contribution in [0.5, 0.6) is 0 Å². The van der Waals surface area contributed by atoms with E-state index in [4.69, 9.17) is 0 Å². The lowest BCUT2D eigenvalue weighted by Crippen LogP contribution is -2.29. The van der Waals surface area contributed by atoms with Crippen LogP contribution in [0.1, 0.15) is 27.0 Å². The van der Waals surface area contributed by atoms with E-state index in [2.05, 4.69) is 15.3 Å². The van der Waals surface area contributed by atoms with E-state index in [1.54, 1.807) is 12.1 Å². The van der Waals surface area contributed by atoms with Crippen molar-refractivity contribution < 1.29 is 9.18 Å². The standard InChI is InChI=1S/C20H14FN3OS/c21-14-9-7-13(8-10-14)19(18-6-3-11-26-18)24-20(25)17-12-22-15-4-1-2-5-16(15)23-17/h1-12,19H,(H,24,25)/t19-/m1/s1. The van der Waals surface area contributed by atoms with Gasteiger partial charge < -0.3 is 5.32 Å². The summed E-state index contributed by atoms with van der Waals surface area (Å²) in [6.45, 7) is 0. The number of halogens is 1. The Labute approximate surface area is 153 Å². The summed E-state index contributed by atoms with van der Waals surface area (Å²) in [5.41, 5.74) is 2.44. The van der Waals surface area contributed by atoms with Gasteiger partial charge in [-0.3, -0.25) is 9.78 Å². The summed E-state index contributed by atoms with van der Waals surface area (Å²) in [4.78, 5) is 22.4. The molecule has 0 unspecified atom stereocenters. The molecule has 2 aromatic heterocycles. The number of nitrogens with one attached hydrogen (secondary N) is 1. The van der Waals surface area contributed by atoms with Crippen molar-refractivity contribution in [2.45, 2.75) is 6.04 Å². The van der Waals surface area contributed by atoms with E-state index >= 15 is 0 Å². The fourth-order valence-corrected chi connectivity index (χ4v) is 3.50. The second kappa shape index (κ2) is 7.01. The summed E-state index contributed by atoms with van der Waals surface area (Å²) in [5.74, 6) is -0.642. The molecule has 6 heteroatoms. The third kappa shape index (κ3) is 3.32. The molecule has 2 aromatic carbocycles. The number of carbonyl (C=O) groups is 1. The van der Waals surface area contributed by atoms with Crippen molar-refractivity contribution in [3.8, 4) is 0 Å². The van der Waals surface area contributed by atoms with Crippen LogP contribution in [0, 0.1) is 5.82 Å². The van der Waals surface area contributed by atoms with Crippen molar-refractivity contribution in [2.75, 3.05) is 0 Å². The van der Waals surface area contributed by atoms with Gasteiger partial charge in [0.15, 0.2) is 0 Å². The summed E-state index contributed by atoms with van der Waals surface area (Å²) in [6.07, 6.45) is 1.47. The lowest BCUT2D eigenvalue weighted by molar-refractivity contribution is 0.0938. The SMILES string of the molecule is O=C(N[C@H](c1ccc(F)cc1)c1cccs1)c1cnc2ccccc2n1. The van der Waals surface area contributed by atoms with Crippen molar-refractivity contribution in [2.24, 2.45) is 0 Å². The topological polar surface area (TPSA) is 54.9 Å². The zero-order chi connectivity index (χ0) is 17.9. The minimum Gasteiger partial charge on any atom is -0.339 e. The Morgan fingerprint density at radius 2 is 1.77 bits per heavy atom. The molecule has 0 aliphatic rings. The molecule has 1 atom stereocenters. The lowest BCUT2D eigenvalue weighted by Gasteiger charge is -2.18. The van der Waals surface area contributed by atoms with Crippen LogP contribution in [0.15, 0.2) is 72.2 Å². The van der Waals surface area contributed by atoms with Gasteiger partial charge in [0.05, 0.1) is 23.3 Å². The largest absolute Gasteiger partial charge is 0.339 e. The molecule has 4 aromatic rings. The number of para-hydroxylation sites is 2. The second-order valence-corrected chi connectivity index (χ2v) is 6.70. The molecule has 0 saturated heterocycles. The first kappa shape index (κ1) is 16.4. The Hall–Kier alpha value is -3.12. The molecular formula is C20H14FN3OS. The van der Waals surface area contributed by atoms with Gasteiger partial charge in [-0.15, -0.1) is 11.3 Å². The van der Waals surface area contributed by atoms with Gasteiger partial charge in [0.1, 0.15) is 11.5 Å². The molecule has 2 heterocycles. The van der Waals surface area contributed by atoms with Crippen LogP contribution >= 0.6 is 11.3 Å². The predicted molar refractivity (Wildman–Crippen MR) is 99.6 cm³/mol. The monoisotopic (exact) mass is 363 g/mol. The first-order valence-corrected chi connectivity index (χ1v) is 8.90. The molecule has 0 aliphatic carbocycles. The van der Waals surface area contributed by atoms with Crippen LogP contribution in [0.2, 0.25) is 0 Å². The molecule has 0 spiro atoms. The molecule has 128 valence electrons. The highest BCUT2D eigenvalue weighted by molar-refractivity contribution is 7.10. The quantitative estimate of drug-likeness (QED) is 0.586. The zero-order valence-electron chi connectivity index (χ0n) is 13.6. The number of aromatic nitrogens is 2. The summed E-state index contributed by atoms with van der Waals surface area (Å²) < 4.78 is 13.3. The van der Waals surface area contributed by atoms with E-state index < -0.39 is 0 Å². The van der Waals surface area contributed by atoms with E-state index in [1.165, 1.54) is 29.7 Å². The average Bonchev–Trinajstić information content (AvgIpc) is 3.21. The average molecular weight is 363 g/mol. The molecule has 26 heavy (non-hydrogen) atoms. The summed E-state index contributed by atoms with van der Waals surface area (Å²) in [5, 5.41) is 4.92. The third-order valence-corrected chi connectivity index (χ3v) is 4.92. The van der Waals surface area contributed by atoms with Gasteiger partial charge in [-0.25, -0.2) is 9.37 Å². The first-order chi connectivity index (χ1) is 12.7. The van der Waals surface area contributed by atoms with Crippen molar-refractivity contribution in [3.05, 3.63) is 94.2 Å². The Kier molecular flexibility index (Phi) is 4.41. The number of thiophene rings is 1. The smallest absolute Gasteiger partial charge is 0.272 e. The van der Waals surface area contributed by atoms with Crippen LogP contribution in [0.3, 0.4) is 0 Å². The fourth-order valence-electron chi connectivity index (χ4n) is 2.70. The normalized spacial score (nSPS) is 12.0. The maximum Gasteiger partial charge on any atom is 0.272 e. The van der Waals surface area contributed by atoms with E-state index in [-0.39, 0.29) is 23.5 Å². The fraction of sp³-hybridized carbons (Fsp3) is 0.0500. The van der Waals surface area contributed by atoms with Crippen LogP contribution in [-0.4, -0.2) is 15.9 Å². The van der Waals surface area contributed by atoms with Gasteiger partial charge in [0.2, 0.25) is 0 Å². The molecule has 1 N–H and O–H groups in total. The lowest BCUT2D eigenvalue weighted by atomic mass is 10.1. The highest BCUT2D eigenvalue weighted by atomic mass is 32.1. The Morgan fingerprint density at radius 3 is 2.50 bits per heavy atom. The number of benzene rings is 2. The Balaban J connectivity index is 1.66. The van der Waals surface area contributed by atoms with Gasteiger partial charge in [-0.05, 0) is 41.3 Å². The number of fused-ring (bicyclic) bond motifs is 1. The summed E-state index contributed by atoms with van der Waals surface area (Å²) in [7, 11) is 0. The molecule has 0 aliphatic heterocycles. The minimum atomic E-state index is -0.378. The zero-order valence-corrected chi connectivity index (χ0v) is 14.4. The number of carbonyl (C=O) groups excluding carboxylic acids is 1. The highest BCUT2D eigenvalue weighted by Gasteiger charge is 2.20. The van der Waals surface area contributed by atoms with E-state index in [9.17, 15) is 9.18 Å². The van der Waals surface area contributed by atoms with Crippen LogP contribution in [0.25, 0.3) is 11.0 Å². The number of hydrogen-bond acceptors (Lipinski definition) is 4. The first-order valence-electron chi connectivity index (χ1n) is 8.02. The number of hydrogen-bond donors (Lipinski definition) is 1. The highest BCUT2D eigenvalue weighted by Crippen LogP contribution is 2.26. The van der Waals surface area contributed by atoms with Crippen LogP contribution < -0.4 is 5.32 Å². The molecule has 1 amide bonds. The second-order valence-electron chi connectivity index (χ2n) is 5.72. The number of nitrogens with zero attached hydrogens (tertiary/aromatic N) is 2. The molecule has 4 nitrogen and oxygen atoms in total. The Morgan fingerprint density at radius 1 is 1.00 bits per heavy atom. The molecule has 0 bridgehead atoms. The van der Waals surface area contributed by atoms with Crippen molar-refractivity contribution >= 4 is 28.3 Å². The number of amides is 1. The Bertz CT molecular complexity index is 1050. The van der Waals surface area contributed by atoms with Crippen molar-refractivity contribution in [1.29, 1.82) is 0 Å². The van der Waals surface area contributed by atoms with Crippen LogP contribution in [-0.2, 0) is 0 Å². The molecule has 4 rings (SSSR count). The van der Waals surface area contributed by atoms with Gasteiger partial charge in [0.25, 0.3) is 5.91 Å². The van der Waals surface area contributed by atoms with Crippen molar-refractivity contribution in [1.82, 2.24) is 15.3 Å². The van der Waals surface area contributed by atoms with Crippen molar-refractivity contribution in [3.63, 3.8) is 0 Å². The van der Waals surface area contributed by atoms with Gasteiger partial charge in [-0.2, -0.15) is 0 Å². The van der Waals surface area contributed by atoms with Gasteiger partial charge >= 0.3 is 0 Å². The molecule has 0 fully saturated rings. The van der Waals surface area contributed by atoms with E-state index in [0.717, 1.165) is 16.0 Å². The summed E-state index contributed by atoms with van der Waals surface area (Å²) >= 11 is 1.53. The predicted octanol–water partition coefficient (Wildman–Crippen LogP) is 4.35. The molecule has 0 radical (unpaired) electrons. The molecular weight excluding hydrogens is 349 g/mol. The third-order valence-electron chi connectivity index (χ3n) is 3.99. The van der Waals surface area contributed by atoms with Crippen LogP contribution in [0.4, 0.5) is 4.39 Å².